The van der Waals surface area contributed by atoms with Crippen LogP contribution in [0.25, 0.3) is 10.2 Å². The average Bonchev–Trinajstić information content (AvgIpc) is 3.12. The molecule has 1 aliphatic carbocycles. The van der Waals surface area contributed by atoms with E-state index in [1.165, 1.54) is 17.5 Å². The molecule has 2 aromatic rings. The van der Waals surface area contributed by atoms with E-state index in [4.69, 9.17) is 4.98 Å². The molecule has 1 aromatic heterocycles. The summed E-state index contributed by atoms with van der Waals surface area (Å²) in [7, 11) is 0. The van der Waals surface area contributed by atoms with Crippen LogP contribution in [0, 0.1) is 5.41 Å². The SMILES string of the molecule is CC(NCC1(CO)CCCC1)c1nc2ccccc2s1. The topological polar surface area (TPSA) is 45.1 Å². The quantitative estimate of drug-likeness (QED) is 0.886. The van der Waals surface area contributed by atoms with Crippen LogP contribution in [-0.4, -0.2) is 23.2 Å². The number of hydrogen-bond donors (Lipinski definition) is 2. The van der Waals surface area contributed by atoms with Gasteiger partial charge in [0.2, 0.25) is 0 Å². The maximum absolute atomic E-state index is 9.66. The van der Waals surface area contributed by atoms with Gasteiger partial charge in [-0.05, 0) is 31.9 Å². The molecule has 1 atom stereocenters. The van der Waals surface area contributed by atoms with E-state index in [1.807, 2.05) is 6.07 Å². The van der Waals surface area contributed by atoms with E-state index in [0.29, 0.717) is 6.61 Å². The normalized spacial score (nSPS) is 19.5. The number of aliphatic hydroxyl groups is 1. The number of fused-ring (bicyclic) bond motifs is 1. The van der Waals surface area contributed by atoms with Crippen LogP contribution in [-0.2, 0) is 0 Å². The second kappa shape index (κ2) is 5.80. The summed E-state index contributed by atoms with van der Waals surface area (Å²) in [5, 5.41) is 14.4. The number of hydrogen-bond acceptors (Lipinski definition) is 4. The molecule has 1 unspecified atom stereocenters. The van der Waals surface area contributed by atoms with Crippen LogP contribution in [0.1, 0.15) is 43.7 Å². The first-order chi connectivity index (χ1) is 9.72. The van der Waals surface area contributed by atoms with Crippen molar-refractivity contribution >= 4 is 21.6 Å². The number of aromatic nitrogens is 1. The van der Waals surface area contributed by atoms with E-state index in [1.54, 1.807) is 11.3 Å². The van der Waals surface area contributed by atoms with Gasteiger partial charge in [0, 0.05) is 18.6 Å². The smallest absolute Gasteiger partial charge is 0.111 e. The molecular weight excluding hydrogens is 268 g/mol. The Morgan fingerprint density at radius 1 is 1.35 bits per heavy atom. The van der Waals surface area contributed by atoms with Gasteiger partial charge in [0.05, 0.1) is 16.3 Å². The number of rotatable bonds is 5. The molecule has 1 saturated carbocycles. The third kappa shape index (κ3) is 2.73. The molecule has 0 radical (unpaired) electrons. The van der Waals surface area contributed by atoms with Gasteiger partial charge in [-0.1, -0.05) is 25.0 Å². The summed E-state index contributed by atoms with van der Waals surface area (Å²) >= 11 is 1.76. The predicted molar refractivity (Wildman–Crippen MR) is 84.0 cm³/mol. The highest BCUT2D eigenvalue weighted by molar-refractivity contribution is 7.18. The fraction of sp³-hybridized carbons (Fsp3) is 0.562. The lowest BCUT2D eigenvalue weighted by atomic mass is 9.87. The Labute approximate surface area is 124 Å². The minimum Gasteiger partial charge on any atom is -0.396 e. The molecule has 0 spiro atoms. The Hall–Kier alpha value is -0.970. The van der Waals surface area contributed by atoms with Crippen molar-refractivity contribution in [3.63, 3.8) is 0 Å². The molecule has 20 heavy (non-hydrogen) atoms. The van der Waals surface area contributed by atoms with Gasteiger partial charge in [0.1, 0.15) is 5.01 Å². The molecule has 1 fully saturated rings. The van der Waals surface area contributed by atoms with Crippen LogP contribution in [0.15, 0.2) is 24.3 Å². The third-order valence-electron chi connectivity index (χ3n) is 4.46. The number of nitrogens with zero attached hydrogens (tertiary/aromatic N) is 1. The monoisotopic (exact) mass is 290 g/mol. The number of thiazole rings is 1. The van der Waals surface area contributed by atoms with Crippen molar-refractivity contribution in [2.45, 2.75) is 38.6 Å². The molecule has 0 bridgehead atoms. The molecule has 3 nitrogen and oxygen atoms in total. The first-order valence-corrected chi connectivity index (χ1v) is 8.24. The van der Waals surface area contributed by atoms with Crippen LogP contribution < -0.4 is 5.32 Å². The van der Waals surface area contributed by atoms with Gasteiger partial charge >= 0.3 is 0 Å². The van der Waals surface area contributed by atoms with E-state index in [0.717, 1.165) is 29.9 Å². The maximum Gasteiger partial charge on any atom is 0.111 e. The van der Waals surface area contributed by atoms with Crippen molar-refractivity contribution in [2.24, 2.45) is 5.41 Å². The Morgan fingerprint density at radius 2 is 2.10 bits per heavy atom. The average molecular weight is 290 g/mol. The Kier molecular flexibility index (Phi) is 4.06. The minimum absolute atomic E-state index is 0.102. The zero-order valence-electron chi connectivity index (χ0n) is 11.9. The fourth-order valence-electron chi connectivity index (χ4n) is 3.05. The highest BCUT2D eigenvalue weighted by Gasteiger charge is 2.33. The third-order valence-corrected chi connectivity index (χ3v) is 5.68. The molecule has 1 heterocycles. The van der Waals surface area contributed by atoms with Crippen LogP contribution in [0.4, 0.5) is 0 Å². The van der Waals surface area contributed by atoms with Gasteiger partial charge in [-0.2, -0.15) is 0 Å². The van der Waals surface area contributed by atoms with Crippen molar-refractivity contribution in [2.75, 3.05) is 13.2 Å². The standard InChI is InChI=1S/C16H22N2OS/c1-12(17-10-16(11-19)8-4-5-9-16)15-18-13-6-2-3-7-14(13)20-15/h2-3,6-7,12,17,19H,4-5,8-11H2,1H3. The number of benzene rings is 1. The molecule has 0 amide bonds. The Morgan fingerprint density at radius 3 is 2.80 bits per heavy atom. The maximum atomic E-state index is 9.66. The van der Waals surface area contributed by atoms with Crippen LogP contribution in [0.2, 0.25) is 0 Å². The van der Waals surface area contributed by atoms with Crippen LogP contribution >= 0.6 is 11.3 Å². The Bertz CT molecular complexity index is 542. The summed E-state index contributed by atoms with van der Waals surface area (Å²) < 4.78 is 1.24. The fourth-order valence-corrected chi connectivity index (χ4v) is 4.04. The molecule has 4 heteroatoms. The van der Waals surface area contributed by atoms with Gasteiger partial charge in [-0.15, -0.1) is 11.3 Å². The van der Waals surface area contributed by atoms with Crippen molar-refractivity contribution < 1.29 is 5.11 Å². The van der Waals surface area contributed by atoms with Gasteiger partial charge in [-0.3, -0.25) is 0 Å². The van der Waals surface area contributed by atoms with E-state index >= 15 is 0 Å². The van der Waals surface area contributed by atoms with Crippen molar-refractivity contribution in [3.8, 4) is 0 Å². The molecule has 0 aliphatic heterocycles. The minimum atomic E-state index is 0.102. The lowest BCUT2D eigenvalue weighted by molar-refractivity contribution is 0.125. The van der Waals surface area contributed by atoms with Crippen LogP contribution in [0.3, 0.4) is 0 Å². The zero-order chi connectivity index (χ0) is 14.0. The molecule has 2 N–H and O–H groups in total. The number of aliphatic hydroxyl groups excluding tert-OH is 1. The van der Waals surface area contributed by atoms with Gasteiger partial charge in [0.15, 0.2) is 0 Å². The first kappa shape index (κ1) is 14.0. The van der Waals surface area contributed by atoms with Crippen LogP contribution in [0.5, 0.6) is 0 Å². The molecule has 1 aliphatic rings. The van der Waals surface area contributed by atoms with E-state index in [-0.39, 0.29) is 11.5 Å². The van der Waals surface area contributed by atoms with E-state index in [2.05, 4.69) is 30.4 Å². The lowest BCUT2D eigenvalue weighted by Gasteiger charge is -2.28. The highest BCUT2D eigenvalue weighted by atomic mass is 32.1. The summed E-state index contributed by atoms with van der Waals surface area (Å²) in [5.41, 5.74) is 1.18. The highest BCUT2D eigenvalue weighted by Crippen LogP contribution is 2.37. The van der Waals surface area contributed by atoms with Gasteiger partial charge < -0.3 is 10.4 Å². The largest absolute Gasteiger partial charge is 0.396 e. The van der Waals surface area contributed by atoms with Crippen molar-refractivity contribution in [1.29, 1.82) is 0 Å². The first-order valence-electron chi connectivity index (χ1n) is 7.42. The number of nitrogens with one attached hydrogen (secondary N) is 1. The van der Waals surface area contributed by atoms with Crippen molar-refractivity contribution in [3.05, 3.63) is 29.3 Å². The summed E-state index contributed by atoms with van der Waals surface area (Å²) in [6.07, 6.45) is 4.78. The summed E-state index contributed by atoms with van der Waals surface area (Å²) in [6, 6.07) is 8.52. The molecule has 108 valence electrons. The summed E-state index contributed by atoms with van der Waals surface area (Å²) in [6.45, 7) is 3.35. The van der Waals surface area contributed by atoms with Crippen molar-refractivity contribution in [1.82, 2.24) is 10.3 Å². The number of para-hydroxylation sites is 1. The second-order valence-electron chi connectivity index (χ2n) is 5.99. The van der Waals surface area contributed by atoms with Gasteiger partial charge in [-0.25, -0.2) is 4.98 Å². The summed E-state index contributed by atoms with van der Waals surface area (Å²) in [5.74, 6) is 0. The lowest BCUT2D eigenvalue weighted by Crippen LogP contribution is -2.36. The van der Waals surface area contributed by atoms with Gasteiger partial charge in [0.25, 0.3) is 0 Å². The van der Waals surface area contributed by atoms with E-state index in [9.17, 15) is 5.11 Å². The molecular formula is C16H22N2OS. The molecule has 3 rings (SSSR count). The molecule has 1 aromatic carbocycles. The predicted octanol–water partition coefficient (Wildman–Crippen LogP) is 3.50. The molecule has 0 saturated heterocycles. The van der Waals surface area contributed by atoms with E-state index < -0.39 is 0 Å². The summed E-state index contributed by atoms with van der Waals surface area (Å²) in [4.78, 5) is 4.70. The zero-order valence-corrected chi connectivity index (χ0v) is 12.7. The second-order valence-corrected chi connectivity index (χ2v) is 7.05. The Balaban J connectivity index is 1.68.